The highest BCUT2D eigenvalue weighted by molar-refractivity contribution is 6.11. The van der Waals surface area contributed by atoms with E-state index in [-0.39, 0.29) is 0 Å². The predicted molar refractivity (Wildman–Crippen MR) is 160 cm³/mol. The Morgan fingerprint density at radius 2 is 1.18 bits per heavy atom. The van der Waals surface area contributed by atoms with Crippen molar-refractivity contribution in [2.24, 2.45) is 0 Å². The molecule has 180 valence electrons. The maximum absolute atomic E-state index is 8.76. The van der Waals surface area contributed by atoms with Crippen molar-refractivity contribution in [3.05, 3.63) is 146 Å². The predicted octanol–water partition coefficient (Wildman–Crippen LogP) is 9.60. The number of benzene rings is 5. The second-order valence-electron chi connectivity index (χ2n) is 9.37. The lowest BCUT2D eigenvalue weighted by molar-refractivity contribution is 1.18. The van der Waals surface area contributed by atoms with Crippen LogP contribution < -0.4 is 0 Å². The number of nitrogens with zero attached hydrogens (tertiary/aromatic N) is 2. The SMILES string of the molecule is C=C(/C=C\CC#N)c1ccc(-c2ccc3c4ccc(-c5ccccc5)cc4n(-c4ccccc4)c3c2)cc1. The van der Waals surface area contributed by atoms with E-state index in [1.165, 1.54) is 32.9 Å². The van der Waals surface area contributed by atoms with Crippen LogP contribution in [0, 0.1) is 11.3 Å². The molecule has 0 radical (unpaired) electrons. The van der Waals surface area contributed by atoms with Gasteiger partial charge in [-0.3, -0.25) is 0 Å². The van der Waals surface area contributed by atoms with Gasteiger partial charge in [-0.1, -0.05) is 116 Å². The maximum Gasteiger partial charge on any atom is 0.0663 e. The second kappa shape index (κ2) is 10.1. The summed E-state index contributed by atoms with van der Waals surface area (Å²) in [5, 5.41) is 11.2. The quantitative estimate of drug-likeness (QED) is 0.215. The average molecular weight is 487 g/mol. The standard InChI is InChI=1S/C36H26N2/c1-26(10-8-9-23-37)27-15-17-29(18-16-27)31-20-22-34-33-21-19-30(28-11-4-2-5-12-28)24-35(33)38(36(34)25-31)32-13-6-3-7-14-32/h2-8,10-22,24-25H,1,9H2/b10-8-. The van der Waals surface area contributed by atoms with Gasteiger partial charge in [0.2, 0.25) is 0 Å². The molecule has 0 spiro atoms. The van der Waals surface area contributed by atoms with Gasteiger partial charge in [-0.05, 0) is 57.7 Å². The number of hydrogen-bond donors (Lipinski definition) is 0. The van der Waals surface area contributed by atoms with Crippen LogP contribution in [0.3, 0.4) is 0 Å². The summed E-state index contributed by atoms with van der Waals surface area (Å²) in [5.74, 6) is 0. The Bertz CT molecular complexity index is 1830. The zero-order valence-electron chi connectivity index (χ0n) is 21.0. The molecule has 0 aliphatic carbocycles. The number of hydrogen-bond acceptors (Lipinski definition) is 1. The summed E-state index contributed by atoms with van der Waals surface area (Å²) in [4.78, 5) is 0. The first kappa shape index (κ1) is 23.3. The summed E-state index contributed by atoms with van der Waals surface area (Å²) in [6.07, 6.45) is 4.14. The molecular weight excluding hydrogens is 460 g/mol. The number of aromatic nitrogens is 1. The van der Waals surface area contributed by atoms with Crippen LogP contribution >= 0.6 is 0 Å². The van der Waals surface area contributed by atoms with Crippen molar-refractivity contribution in [1.82, 2.24) is 4.57 Å². The lowest BCUT2D eigenvalue weighted by Crippen LogP contribution is -1.93. The Kier molecular flexibility index (Phi) is 6.18. The van der Waals surface area contributed by atoms with Crippen LogP contribution in [-0.4, -0.2) is 4.57 Å². The average Bonchev–Trinajstić information content (AvgIpc) is 3.31. The van der Waals surface area contributed by atoms with E-state index < -0.39 is 0 Å². The van der Waals surface area contributed by atoms with E-state index >= 15 is 0 Å². The smallest absolute Gasteiger partial charge is 0.0663 e. The van der Waals surface area contributed by atoms with Crippen LogP contribution in [0.2, 0.25) is 0 Å². The summed E-state index contributed by atoms with van der Waals surface area (Å²) >= 11 is 0. The summed E-state index contributed by atoms with van der Waals surface area (Å²) in [6, 6.07) is 45.2. The van der Waals surface area contributed by atoms with Gasteiger partial charge in [-0.15, -0.1) is 0 Å². The van der Waals surface area contributed by atoms with Crippen molar-refractivity contribution in [3.8, 4) is 34.0 Å². The third-order valence-corrected chi connectivity index (χ3v) is 7.01. The first-order valence-corrected chi connectivity index (χ1v) is 12.8. The largest absolute Gasteiger partial charge is 0.309 e. The molecule has 1 aromatic heterocycles. The third-order valence-electron chi connectivity index (χ3n) is 7.01. The van der Waals surface area contributed by atoms with Crippen LogP contribution in [0.5, 0.6) is 0 Å². The molecule has 0 saturated heterocycles. The van der Waals surface area contributed by atoms with Crippen LogP contribution in [0.15, 0.2) is 140 Å². The fourth-order valence-electron chi connectivity index (χ4n) is 5.09. The van der Waals surface area contributed by atoms with E-state index in [9.17, 15) is 0 Å². The Hall–Kier alpha value is -5.13. The zero-order valence-corrected chi connectivity index (χ0v) is 21.0. The minimum absolute atomic E-state index is 0.388. The van der Waals surface area contributed by atoms with E-state index in [4.69, 9.17) is 5.26 Å². The van der Waals surface area contributed by atoms with Crippen molar-refractivity contribution >= 4 is 27.4 Å². The Morgan fingerprint density at radius 3 is 1.76 bits per heavy atom. The molecule has 0 N–H and O–H groups in total. The van der Waals surface area contributed by atoms with Gasteiger partial charge < -0.3 is 4.57 Å². The summed E-state index contributed by atoms with van der Waals surface area (Å²) in [6.45, 7) is 4.14. The molecule has 0 unspecified atom stereocenters. The number of allylic oxidation sites excluding steroid dienone is 3. The van der Waals surface area contributed by atoms with Gasteiger partial charge in [0.15, 0.2) is 0 Å². The molecule has 0 fully saturated rings. The van der Waals surface area contributed by atoms with Gasteiger partial charge in [0, 0.05) is 16.5 Å². The van der Waals surface area contributed by atoms with Crippen molar-refractivity contribution in [3.63, 3.8) is 0 Å². The van der Waals surface area contributed by atoms with E-state index in [1.807, 2.05) is 12.2 Å². The van der Waals surface area contributed by atoms with Gasteiger partial charge in [0.1, 0.15) is 0 Å². The normalized spacial score (nSPS) is 11.2. The molecule has 6 rings (SSSR count). The van der Waals surface area contributed by atoms with Gasteiger partial charge in [-0.25, -0.2) is 0 Å². The molecule has 0 bridgehead atoms. The lowest BCUT2D eigenvalue weighted by atomic mass is 9.99. The molecule has 5 aromatic carbocycles. The van der Waals surface area contributed by atoms with Crippen LogP contribution in [0.25, 0.3) is 55.3 Å². The molecule has 2 nitrogen and oxygen atoms in total. The van der Waals surface area contributed by atoms with Crippen LogP contribution in [0.4, 0.5) is 0 Å². The molecule has 2 heteroatoms. The van der Waals surface area contributed by atoms with Gasteiger partial charge in [-0.2, -0.15) is 5.26 Å². The molecule has 38 heavy (non-hydrogen) atoms. The van der Waals surface area contributed by atoms with Gasteiger partial charge >= 0.3 is 0 Å². The minimum atomic E-state index is 0.388. The molecule has 0 atom stereocenters. The fraction of sp³-hybridized carbons (Fsp3) is 0.0278. The molecule has 0 aliphatic heterocycles. The van der Waals surface area contributed by atoms with Gasteiger partial charge in [0.25, 0.3) is 0 Å². The number of fused-ring (bicyclic) bond motifs is 3. The Labute approximate surface area is 223 Å². The van der Waals surface area contributed by atoms with Crippen molar-refractivity contribution in [2.75, 3.05) is 0 Å². The van der Waals surface area contributed by atoms with Crippen LogP contribution in [0.1, 0.15) is 12.0 Å². The highest BCUT2D eigenvalue weighted by atomic mass is 15.0. The zero-order chi connectivity index (χ0) is 25.9. The lowest BCUT2D eigenvalue weighted by Gasteiger charge is -2.10. The molecular formula is C36H26N2. The topological polar surface area (TPSA) is 28.7 Å². The number of para-hydroxylation sites is 1. The van der Waals surface area contributed by atoms with E-state index in [1.54, 1.807) is 0 Å². The van der Waals surface area contributed by atoms with E-state index in [0.717, 1.165) is 28.0 Å². The molecule has 6 aromatic rings. The number of rotatable bonds is 6. The van der Waals surface area contributed by atoms with E-state index in [2.05, 4.69) is 139 Å². The van der Waals surface area contributed by atoms with Gasteiger partial charge in [0.05, 0.1) is 23.5 Å². The maximum atomic E-state index is 8.76. The number of nitriles is 1. The Morgan fingerprint density at radius 1 is 0.658 bits per heavy atom. The summed E-state index contributed by atoms with van der Waals surface area (Å²) < 4.78 is 2.37. The van der Waals surface area contributed by atoms with Crippen LogP contribution in [-0.2, 0) is 0 Å². The summed E-state index contributed by atoms with van der Waals surface area (Å²) in [7, 11) is 0. The monoisotopic (exact) mass is 486 g/mol. The Balaban J connectivity index is 1.49. The third kappa shape index (κ3) is 4.32. The van der Waals surface area contributed by atoms with Crippen molar-refractivity contribution in [1.29, 1.82) is 5.26 Å². The molecule has 0 saturated carbocycles. The van der Waals surface area contributed by atoms with Crippen molar-refractivity contribution < 1.29 is 0 Å². The fourth-order valence-corrected chi connectivity index (χ4v) is 5.09. The minimum Gasteiger partial charge on any atom is -0.309 e. The highest BCUT2D eigenvalue weighted by Gasteiger charge is 2.14. The first-order valence-electron chi connectivity index (χ1n) is 12.8. The first-order chi connectivity index (χ1) is 18.7. The molecule has 1 heterocycles. The highest BCUT2D eigenvalue weighted by Crippen LogP contribution is 2.37. The molecule has 0 amide bonds. The second-order valence-corrected chi connectivity index (χ2v) is 9.37. The van der Waals surface area contributed by atoms with E-state index in [0.29, 0.717) is 6.42 Å². The molecule has 0 aliphatic rings. The van der Waals surface area contributed by atoms with Crippen molar-refractivity contribution in [2.45, 2.75) is 6.42 Å². The summed E-state index contributed by atoms with van der Waals surface area (Å²) in [5.41, 5.74) is 10.2.